The van der Waals surface area contributed by atoms with Crippen molar-refractivity contribution in [3.8, 4) is 34.0 Å². The predicted molar refractivity (Wildman–Crippen MR) is 236 cm³/mol. The fourth-order valence-corrected chi connectivity index (χ4v) is 9.35. The monoisotopic (exact) mass is 712 g/mol. The average Bonchev–Trinajstić information content (AvgIpc) is 3.78. The van der Waals surface area contributed by atoms with Gasteiger partial charge in [0.1, 0.15) is 11.5 Å². The van der Waals surface area contributed by atoms with Crippen molar-refractivity contribution in [1.82, 2.24) is 9.13 Å². The zero-order valence-electron chi connectivity index (χ0n) is 30.4. The molecule has 0 amide bonds. The second-order valence-electron chi connectivity index (χ2n) is 14.9. The Morgan fingerprint density at radius 2 is 0.929 bits per heavy atom. The molecule has 12 rings (SSSR count). The van der Waals surface area contributed by atoms with Crippen LogP contribution in [0.2, 0.25) is 0 Å². The first-order valence-electron chi connectivity index (χ1n) is 19.3. The van der Waals surface area contributed by atoms with Crippen molar-refractivity contribution in [1.29, 1.82) is 0 Å². The Morgan fingerprint density at radius 1 is 0.357 bits per heavy atom. The number of nitrogens with zero attached hydrogens (tertiary/aromatic N) is 2. The fraction of sp³-hybridized carbons (Fsp3) is 0. The van der Waals surface area contributed by atoms with E-state index in [0.29, 0.717) is 0 Å². The van der Waals surface area contributed by atoms with Crippen LogP contribution in [0.15, 0.2) is 200 Å². The summed E-state index contributed by atoms with van der Waals surface area (Å²) in [6, 6.07) is 72.5. The largest absolute Gasteiger partial charge is 0.458 e. The summed E-state index contributed by atoms with van der Waals surface area (Å²) in [5.74, 6) is 1.83. The molecule has 1 aliphatic rings. The highest BCUT2D eigenvalue weighted by Gasteiger charge is 2.32. The van der Waals surface area contributed by atoms with E-state index in [1.807, 2.05) is 0 Å². The van der Waals surface area contributed by atoms with E-state index in [0.717, 1.165) is 28.3 Å². The number of hydrogen-bond donors (Lipinski definition) is 0. The Morgan fingerprint density at radius 3 is 1.68 bits per heavy atom. The standard InChI is InChI=1S/C52H33BN2O/c1-3-13-38(14-4-1)53-43-19-9-12-22-49(43)56-50-33-36(26-28-44(50)53)35-24-23-34-25-27-40(32-37(34)31-35)55-46-21-11-8-18-42(46)52-48(55)30-29-47-51(52)41-17-7-10-20-45(41)54(47)39-15-5-2-6-16-39/h1-33H. The van der Waals surface area contributed by atoms with Crippen molar-refractivity contribution in [3.63, 3.8) is 0 Å². The minimum Gasteiger partial charge on any atom is -0.458 e. The summed E-state index contributed by atoms with van der Waals surface area (Å²) in [5.41, 5.74) is 13.1. The maximum atomic E-state index is 6.61. The first kappa shape index (κ1) is 31.1. The molecule has 0 atom stereocenters. The lowest BCUT2D eigenvalue weighted by Gasteiger charge is -2.27. The van der Waals surface area contributed by atoms with Crippen molar-refractivity contribution in [2.75, 3.05) is 0 Å². The molecular formula is C52H33BN2O. The molecule has 2 aromatic heterocycles. The van der Waals surface area contributed by atoms with Crippen molar-refractivity contribution in [2.24, 2.45) is 0 Å². The molecular weight excluding hydrogens is 679 g/mol. The predicted octanol–water partition coefficient (Wildman–Crippen LogP) is 11.3. The lowest BCUT2D eigenvalue weighted by Crippen LogP contribution is -2.54. The molecule has 1 aliphatic heterocycles. The zero-order valence-corrected chi connectivity index (χ0v) is 30.4. The van der Waals surface area contributed by atoms with E-state index in [4.69, 9.17) is 4.74 Å². The minimum atomic E-state index is 0.117. The first-order valence-corrected chi connectivity index (χ1v) is 19.3. The van der Waals surface area contributed by atoms with E-state index in [2.05, 4.69) is 209 Å². The van der Waals surface area contributed by atoms with Gasteiger partial charge < -0.3 is 13.9 Å². The lowest BCUT2D eigenvalue weighted by molar-refractivity contribution is 0.487. The molecule has 260 valence electrons. The van der Waals surface area contributed by atoms with Gasteiger partial charge in [0, 0.05) is 32.9 Å². The van der Waals surface area contributed by atoms with E-state index < -0.39 is 0 Å². The second-order valence-corrected chi connectivity index (χ2v) is 14.9. The molecule has 4 heteroatoms. The van der Waals surface area contributed by atoms with Crippen LogP contribution in [0, 0.1) is 0 Å². The Labute approximate surface area is 324 Å². The van der Waals surface area contributed by atoms with E-state index in [1.165, 1.54) is 76.5 Å². The highest BCUT2D eigenvalue weighted by Crippen LogP contribution is 2.42. The van der Waals surface area contributed by atoms with Crippen LogP contribution >= 0.6 is 0 Å². The maximum absolute atomic E-state index is 6.61. The molecule has 0 N–H and O–H groups in total. The van der Waals surface area contributed by atoms with Gasteiger partial charge >= 0.3 is 0 Å². The fourth-order valence-electron chi connectivity index (χ4n) is 9.35. The number of rotatable bonds is 4. The van der Waals surface area contributed by atoms with E-state index in [9.17, 15) is 0 Å². The number of fused-ring (bicyclic) bond motifs is 10. The Hall–Kier alpha value is -7.30. The normalized spacial score (nSPS) is 12.4. The average molecular weight is 713 g/mol. The van der Waals surface area contributed by atoms with Crippen LogP contribution in [0.1, 0.15) is 0 Å². The third-order valence-electron chi connectivity index (χ3n) is 11.8. The lowest BCUT2D eigenvalue weighted by atomic mass is 9.36. The van der Waals surface area contributed by atoms with E-state index in [1.54, 1.807) is 0 Å². The Kier molecular flexibility index (Phi) is 6.72. The molecule has 0 bridgehead atoms. The minimum absolute atomic E-state index is 0.117. The Bertz CT molecular complexity index is 3340. The van der Waals surface area contributed by atoms with Crippen LogP contribution < -0.4 is 21.1 Å². The van der Waals surface area contributed by atoms with Gasteiger partial charge in [-0.2, -0.15) is 0 Å². The van der Waals surface area contributed by atoms with Gasteiger partial charge in [-0.25, -0.2) is 0 Å². The third kappa shape index (κ3) is 4.60. The summed E-state index contributed by atoms with van der Waals surface area (Å²) < 4.78 is 11.5. The van der Waals surface area contributed by atoms with Gasteiger partial charge in [-0.15, -0.1) is 0 Å². The molecule has 11 aromatic rings. The van der Waals surface area contributed by atoms with Crippen LogP contribution in [-0.4, -0.2) is 15.8 Å². The van der Waals surface area contributed by atoms with E-state index >= 15 is 0 Å². The van der Waals surface area contributed by atoms with Crippen LogP contribution in [0.3, 0.4) is 0 Å². The first-order chi connectivity index (χ1) is 27.8. The number of aromatic nitrogens is 2. The van der Waals surface area contributed by atoms with Crippen LogP contribution in [-0.2, 0) is 0 Å². The molecule has 3 heterocycles. The highest BCUT2D eigenvalue weighted by molar-refractivity contribution is 6.96. The SMILES string of the molecule is c1ccc(B2c3ccccc3Oc3cc(-c4ccc5ccc(-n6c7ccccc7c7c8c9ccccc9n(-c9ccccc9)c8ccc76)cc5c4)ccc32)cc1. The molecule has 3 nitrogen and oxygen atoms in total. The van der Waals surface area contributed by atoms with E-state index in [-0.39, 0.29) is 6.71 Å². The smallest absolute Gasteiger partial charge is 0.250 e. The van der Waals surface area contributed by atoms with Gasteiger partial charge in [-0.05, 0) is 99.6 Å². The summed E-state index contributed by atoms with van der Waals surface area (Å²) in [7, 11) is 0. The van der Waals surface area contributed by atoms with Crippen molar-refractivity contribution < 1.29 is 4.74 Å². The molecule has 0 saturated heterocycles. The molecule has 0 aliphatic carbocycles. The van der Waals surface area contributed by atoms with Crippen molar-refractivity contribution >= 4 is 77.5 Å². The summed E-state index contributed by atoms with van der Waals surface area (Å²) in [6.07, 6.45) is 0. The number of benzene rings is 9. The molecule has 0 radical (unpaired) electrons. The second kappa shape index (κ2) is 12.1. The van der Waals surface area contributed by atoms with Crippen LogP contribution in [0.4, 0.5) is 0 Å². The van der Waals surface area contributed by atoms with Crippen LogP contribution in [0.25, 0.3) is 76.9 Å². The Balaban J connectivity index is 1.02. The van der Waals surface area contributed by atoms with Gasteiger partial charge in [0.15, 0.2) is 0 Å². The van der Waals surface area contributed by atoms with Crippen LogP contribution in [0.5, 0.6) is 11.5 Å². The quantitative estimate of drug-likeness (QED) is 0.166. The molecule has 0 spiro atoms. The van der Waals surface area contributed by atoms with Gasteiger partial charge in [0.25, 0.3) is 6.71 Å². The number of hydrogen-bond acceptors (Lipinski definition) is 1. The molecule has 0 fully saturated rings. The van der Waals surface area contributed by atoms with Crippen molar-refractivity contribution in [3.05, 3.63) is 200 Å². The maximum Gasteiger partial charge on any atom is 0.250 e. The summed E-state index contributed by atoms with van der Waals surface area (Å²) in [4.78, 5) is 0. The molecule has 9 aromatic carbocycles. The highest BCUT2D eigenvalue weighted by atomic mass is 16.5. The third-order valence-corrected chi connectivity index (χ3v) is 11.8. The van der Waals surface area contributed by atoms with Gasteiger partial charge in [0.05, 0.1) is 22.1 Å². The van der Waals surface area contributed by atoms with Gasteiger partial charge in [-0.3, -0.25) is 0 Å². The number of ether oxygens (including phenoxy) is 1. The topological polar surface area (TPSA) is 19.1 Å². The van der Waals surface area contributed by atoms with Gasteiger partial charge in [-0.1, -0.05) is 139 Å². The van der Waals surface area contributed by atoms with Crippen molar-refractivity contribution in [2.45, 2.75) is 0 Å². The zero-order chi connectivity index (χ0) is 36.7. The van der Waals surface area contributed by atoms with Gasteiger partial charge in [0.2, 0.25) is 0 Å². The number of para-hydroxylation sites is 4. The molecule has 56 heavy (non-hydrogen) atoms. The summed E-state index contributed by atoms with van der Waals surface area (Å²) >= 11 is 0. The summed E-state index contributed by atoms with van der Waals surface area (Å²) in [6.45, 7) is 0.117. The molecule has 0 unspecified atom stereocenters. The summed E-state index contributed by atoms with van der Waals surface area (Å²) in [5, 5.41) is 7.48. The molecule has 0 saturated carbocycles.